The van der Waals surface area contributed by atoms with Gasteiger partial charge in [-0.05, 0) is 36.3 Å². The highest BCUT2D eigenvalue weighted by Crippen LogP contribution is 2.24. The van der Waals surface area contributed by atoms with E-state index in [1.165, 1.54) is 50.7 Å². The molecule has 2 saturated heterocycles. The smallest absolute Gasteiger partial charge is 0.0107 e. The van der Waals surface area contributed by atoms with Crippen molar-refractivity contribution in [2.75, 3.05) is 44.2 Å². The zero-order valence-corrected chi connectivity index (χ0v) is 9.98. The molecular formula is C11H22N2S. The van der Waals surface area contributed by atoms with Crippen molar-refractivity contribution >= 4 is 11.8 Å². The summed E-state index contributed by atoms with van der Waals surface area (Å²) in [5.41, 5.74) is 0. The minimum atomic E-state index is 0.826. The number of hydrogen-bond donors (Lipinski definition) is 1. The second-order valence-electron chi connectivity index (χ2n) is 4.80. The Morgan fingerprint density at radius 1 is 1.50 bits per heavy atom. The number of nitrogens with zero attached hydrogens (tertiary/aromatic N) is 1. The zero-order chi connectivity index (χ0) is 9.80. The average molecular weight is 214 g/mol. The molecule has 0 aromatic carbocycles. The Labute approximate surface area is 91.8 Å². The van der Waals surface area contributed by atoms with Crippen molar-refractivity contribution in [1.29, 1.82) is 0 Å². The van der Waals surface area contributed by atoms with Gasteiger partial charge in [0, 0.05) is 26.2 Å². The van der Waals surface area contributed by atoms with Crippen LogP contribution < -0.4 is 5.32 Å². The lowest BCUT2D eigenvalue weighted by molar-refractivity contribution is 0.233. The molecule has 1 N–H and O–H groups in total. The van der Waals surface area contributed by atoms with Gasteiger partial charge in [0.2, 0.25) is 0 Å². The predicted molar refractivity (Wildman–Crippen MR) is 63.9 cm³/mol. The summed E-state index contributed by atoms with van der Waals surface area (Å²) >= 11 is 2.13. The third kappa shape index (κ3) is 3.14. The Kier molecular flexibility index (Phi) is 4.14. The minimum Gasteiger partial charge on any atom is -0.315 e. The van der Waals surface area contributed by atoms with Crippen LogP contribution in [0, 0.1) is 11.8 Å². The van der Waals surface area contributed by atoms with E-state index in [9.17, 15) is 0 Å². The maximum absolute atomic E-state index is 3.51. The van der Waals surface area contributed by atoms with E-state index in [1.807, 2.05) is 0 Å². The van der Waals surface area contributed by atoms with E-state index in [2.05, 4.69) is 28.9 Å². The van der Waals surface area contributed by atoms with Gasteiger partial charge in [-0.1, -0.05) is 6.92 Å². The fourth-order valence-corrected chi connectivity index (χ4v) is 3.71. The van der Waals surface area contributed by atoms with E-state index in [4.69, 9.17) is 0 Å². The molecule has 0 amide bonds. The molecule has 0 spiro atoms. The van der Waals surface area contributed by atoms with E-state index in [1.54, 1.807) is 0 Å². The van der Waals surface area contributed by atoms with Crippen LogP contribution in [0.1, 0.15) is 13.3 Å². The van der Waals surface area contributed by atoms with Crippen molar-refractivity contribution in [3.8, 4) is 0 Å². The van der Waals surface area contributed by atoms with Gasteiger partial charge in [0.05, 0.1) is 0 Å². The SMILES string of the molecule is CC1CNCCN(CC2CCSC2)C1. The van der Waals surface area contributed by atoms with E-state index in [-0.39, 0.29) is 0 Å². The maximum atomic E-state index is 3.51. The van der Waals surface area contributed by atoms with E-state index in [0.717, 1.165) is 11.8 Å². The lowest BCUT2D eigenvalue weighted by Crippen LogP contribution is -2.34. The molecule has 2 fully saturated rings. The largest absolute Gasteiger partial charge is 0.315 e. The van der Waals surface area contributed by atoms with Crippen LogP contribution in [0.15, 0.2) is 0 Å². The van der Waals surface area contributed by atoms with Crippen LogP contribution in [-0.4, -0.2) is 49.1 Å². The monoisotopic (exact) mass is 214 g/mol. The summed E-state index contributed by atoms with van der Waals surface area (Å²) in [6.45, 7) is 8.65. The Hall–Kier alpha value is 0.270. The van der Waals surface area contributed by atoms with Gasteiger partial charge in [0.15, 0.2) is 0 Å². The molecule has 0 aromatic rings. The summed E-state index contributed by atoms with van der Waals surface area (Å²) < 4.78 is 0. The van der Waals surface area contributed by atoms with Gasteiger partial charge in [-0.15, -0.1) is 0 Å². The molecule has 2 aliphatic rings. The van der Waals surface area contributed by atoms with E-state index >= 15 is 0 Å². The fraction of sp³-hybridized carbons (Fsp3) is 1.00. The molecule has 0 radical (unpaired) electrons. The van der Waals surface area contributed by atoms with Crippen molar-refractivity contribution in [1.82, 2.24) is 10.2 Å². The first-order chi connectivity index (χ1) is 6.84. The lowest BCUT2D eigenvalue weighted by atomic mass is 10.1. The first kappa shape index (κ1) is 10.8. The number of nitrogens with one attached hydrogen (secondary N) is 1. The molecule has 82 valence electrons. The fourth-order valence-electron chi connectivity index (χ4n) is 2.44. The van der Waals surface area contributed by atoms with Crippen LogP contribution in [0.4, 0.5) is 0 Å². The van der Waals surface area contributed by atoms with Crippen molar-refractivity contribution in [2.24, 2.45) is 11.8 Å². The molecule has 0 aromatic heterocycles. The number of rotatable bonds is 2. The standard InChI is InChI=1S/C11H22N2S/c1-10-6-12-3-4-13(7-10)8-11-2-5-14-9-11/h10-12H,2-9H2,1H3. The Morgan fingerprint density at radius 3 is 3.21 bits per heavy atom. The highest BCUT2D eigenvalue weighted by atomic mass is 32.2. The molecule has 0 aliphatic carbocycles. The summed E-state index contributed by atoms with van der Waals surface area (Å²) in [5, 5.41) is 3.51. The number of thioether (sulfide) groups is 1. The molecule has 2 nitrogen and oxygen atoms in total. The molecule has 2 rings (SSSR count). The summed E-state index contributed by atoms with van der Waals surface area (Å²) in [6, 6.07) is 0. The highest BCUT2D eigenvalue weighted by Gasteiger charge is 2.21. The number of hydrogen-bond acceptors (Lipinski definition) is 3. The van der Waals surface area contributed by atoms with Gasteiger partial charge in [0.1, 0.15) is 0 Å². The van der Waals surface area contributed by atoms with Crippen LogP contribution in [0.2, 0.25) is 0 Å². The molecule has 2 heterocycles. The average Bonchev–Trinajstić information content (AvgIpc) is 2.56. The molecule has 0 bridgehead atoms. The van der Waals surface area contributed by atoms with E-state index < -0.39 is 0 Å². The van der Waals surface area contributed by atoms with Crippen LogP contribution in [0.5, 0.6) is 0 Å². The van der Waals surface area contributed by atoms with Gasteiger partial charge < -0.3 is 10.2 Å². The zero-order valence-electron chi connectivity index (χ0n) is 9.17. The third-order valence-electron chi connectivity index (χ3n) is 3.21. The Balaban J connectivity index is 1.77. The molecule has 3 heteroatoms. The van der Waals surface area contributed by atoms with Crippen LogP contribution in [-0.2, 0) is 0 Å². The quantitative estimate of drug-likeness (QED) is 0.745. The molecule has 2 unspecified atom stereocenters. The third-order valence-corrected chi connectivity index (χ3v) is 4.44. The summed E-state index contributed by atoms with van der Waals surface area (Å²) in [6.07, 6.45) is 1.45. The normalized spacial score (nSPS) is 35.8. The van der Waals surface area contributed by atoms with Gasteiger partial charge in [-0.25, -0.2) is 0 Å². The van der Waals surface area contributed by atoms with Crippen molar-refractivity contribution in [3.63, 3.8) is 0 Å². The maximum Gasteiger partial charge on any atom is 0.0107 e. The minimum absolute atomic E-state index is 0.826. The lowest BCUT2D eigenvalue weighted by Gasteiger charge is -2.24. The summed E-state index contributed by atoms with van der Waals surface area (Å²) in [5.74, 6) is 4.60. The van der Waals surface area contributed by atoms with Crippen LogP contribution in [0.3, 0.4) is 0 Å². The van der Waals surface area contributed by atoms with Gasteiger partial charge in [0.25, 0.3) is 0 Å². The molecule has 14 heavy (non-hydrogen) atoms. The molecule has 2 aliphatic heterocycles. The van der Waals surface area contributed by atoms with Crippen LogP contribution in [0.25, 0.3) is 0 Å². The molecule has 2 atom stereocenters. The Bertz CT molecular complexity index is 169. The van der Waals surface area contributed by atoms with Crippen molar-refractivity contribution in [2.45, 2.75) is 13.3 Å². The van der Waals surface area contributed by atoms with Crippen LogP contribution >= 0.6 is 11.8 Å². The summed E-state index contributed by atoms with van der Waals surface area (Å²) in [4.78, 5) is 2.67. The summed E-state index contributed by atoms with van der Waals surface area (Å²) in [7, 11) is 0. The predicted octanol–water partition coefficient (Wildman–Crippen LogP) is 1.28. The molecule has 0 saturated carbocycles. The molecular weight excluding hydrogens is 192 g/mol. The van der Waals surface area contributed by atoms with E-state index in [0.29, 0.717) is 0 Å². The second-order valence-corrected chi connectivity index (χ2v) is 5.95. The van der Waals surface area contributed by atoms with Crippen molar-refractivity contribution in [3.05, 3.63) is 0 Å². The second kappa shape index (κ2) is 5.38. The Morgan fingerprint density at radius 2 is 2.43 bits per heavy atom. The highest BCUT2D eigenvalue weighted by molar-refractivity contribution is 7.99. The van der Waals surface area contributed by atoms with Crippen molar-refractivity contribution < 1.29 is 0 Å². The topological polar surface area (TPSA) is 15.3 Å². The first-order valence-corrected chi connectivity index (χ1v) is 7.01. The van der Waals surface area contributed by atoms with Gasteiger partial charge in [-0.2, -0.15) is 11.8 Å². The van der Waals surface area contributed by atoms with Gasteiger partial charge in [-0.3, -0.25) is 0 Å². The first-order valence-electron chi connectivity index (χ1n) is 5.85. The van der Waals surface area contributed by atoms with Gasteiger partial charge >= 0.3 is 0 Å².